The van der Waals surface area contributed by atoms with Crippen molar-refractivity contribution in [3.63, 3.8) is 0 Å². The molecule has 0 bridgehead atoms. The number of anilines is 1. The van der Waals surface area contributed by atoms with Crippen molar-refractivity contribution < 1.29 is 9.53 Å². The summed E-state index contributed by atoms with van der Waals surface area (Å²) in [5.41, 5.74) is 5.58. The molecule has 4 heterocycles. The van der Waals surface area contributed by atoms with E-state index in [0.29, 0.717) is 13.1 Å². The van der Waals surface area contributed by atoms with Crippen molar-refractivity contribution in [2.75, 3.05) is 45.6 Å². The van der Waals surface area contributed by atoms with Gasteiger partial charge >= 0.3 is 6.09 Å². The minimum atomic E-state index is -0.253. The number of piperazine rings is 1. The van der Waals surface area contributed by atoms with Crippen molar-refractivity contribution in [3.05, 3.63) is 42.2 Å². The number of carbonyl (C=O) groups excluding carboxylic acids is 1. The molecule has 32 heavy (non-hydrogen) atoms. The Bertz CT molecular complexity index is 1280. The number of amides is 1. The van der Waals surface area contributed by atoms with Crippen LogP contribution in [0.1, 0.15) is 5.56 Å². The molecule has 1 aliphatic heterocycles. The van der Waals surface area contributed by atoms with Gasteiger partial charge in [-0.1, -0.05) is 18.2 Å². The van der Waals surface area contributed by atoms with Crippen molar-refractivity contribution in [3.8, 4) is 11.3 Å². The highest BCUT2D eigenvalue weighted by Gasteiger charge is 2.20. The second-order valence-corrected chi connectivity index (χ2v) is 8.25. The number of nitrogens with one attached hydrogen (secondary N) is 2. The van der Waals surface area contributed by atoms with E-state index in [0.717, 1.165) is 57.8 Å². The molecule has 0 spiro atoms. The van der Waals surface area contributed by atoms with Gasteiger partial charge in [0.1, 0.15) is 17.8 Å². The van der Waals surface area contributed by atoms with Crippen LogP contribution in [0, 0.1) is 0 Å². The molecule has 0 aliphatic carbocycles. The molecule has 9 heteroatoms. The zero-order chi connectivity index (χ0) is 22.2. The van der Waals surface area contributed by atoms with Crippen molar-refractivity contribution in [1.29, 1.82) is 0 Å². The van der Waals surface area contributed by atoms with Gasteiger partial charge in [0.15, 0.2) is 5.82 Å². The van der Waals surface area contributed by atoms with E-state index in [2.05, 4.69) is 33.3 Å². The Kier molecular flexibility index (Phi) is 5.18. The molecule has 0 saturated carbocycles. The first-order valence-corrected chi connectivity index (χ1v) is 10.7. The molecular weight excluding hydrogens is 406 g/mol. The Balaban J connectivity index is 1.39. The fraction of sp³-hybridized carbons (Fsp3) is 0.348. The summed E-state index contributed by atoms with van der Waals surface area (Å²) in [7, 11) is 5.89. The number of rotatable bonds is 4. The second-order valence-electron chi connectivity index (χ2n) is 8.25. The Labute approximate surface area is 186 Å². The van der Waals surface area contributed by atoms with Crippen LogP contribution in [0.2, 0.25) is 0 Å². The Morgan fingerprint density at radius 3 is 2.78 bits per heavy atom. The van der Waals surface area contributed by atoms with Gasteiger partial charge in [0.05, 0.1) is 11.8 Å². The van der Waals surface area contributed by atoms with E-state index in [9.17, 15) is 4.79 Å². The maximum atomic E-state index is 12.4. The average Bonchev–Trinajstić information content (AvgIpc) is 3.41. The molecule has 1 fully saturated rings. The lowest BCUT2D eigenvalue weighted by atomic mass is 10.1. The van der Waals surface area contributed by atoms with Gasteiger partial charge < -0.3 is 29.4 Å². The van der Waals surface area contributed by atoms with E-state index >= 15 is 0 Å². The number of nitrogens with zero attached hydrogens (tertiary/aromatic N) is 5. The summed E-state index contributed by atoms with van der Waals surface area (Å²) in [4.78, 5) is 29.0. The quantitative estimate of drug-likeness (QED) is 0.514. The van der Waals surface area contributed by atoms with E-state index in [1.165, 1.54) is 0 Å². The molecular formula is C23H27N7O2. The number of hydrogen-bond acceptors (Lipinski definition) is 6. The molecule has 1 saturated heterocycles. The number of imidazole rings is 1. The maximum Gasteiger partial charge on any atom is 0.410 e. The summed E-state index contributed by atoms with van der Waals surface area (Å²) in [5, 5.41) is 4.14. The third kappa shape index (κ3) is 3.64. The number of hydrogen-bond donors (Lipinski definition) is 2. The molecule has 2 N–H and O–H groups in total. The molecule has 0 radical (unpaired) electrons. The predicted molar refractivity (Wildman–Crippen MR) is 125 cm³/mol. The first kappa shape index (κ1) is 20.3. The standard InChI is InChI=1S/C23H27N7O2/c1-24-22-19-20(29(3)14-25-19)17-12-18(26-21(17)27-22)16-6-4-5-15(11-16)13-32-23(31)30-9-7-28(2)8-10-30/h4-6,11-12,14H,7-10,13H2,1-3H3,(H2,24,26,27). The molecule has 3 aromatic heterocycles. The minimum absolute atomic E-state index is 0.243. The van der Waals surface area contributed by atoms with E-state index in [1.807, 2.05) is 42.9 Å². The molecule has 4 aromatic rings. The van der Waals surface area contributed by atoms with Gasteiger partial charge in [0.2, 0.25) is 0 Å². The van der Waals surface area contributed by atoms with E-state index < -0.39 is 0 Å². The lowest BCUT2D eigenvalue weighted by Gasteiger charge is -2.31. The highest BCUT2D eigenvalue weighted by Crippen LogP contribution is 2.31. The van der Waals surface area contributed by atoms with Gasteiger partial charge in [0.25, 0.3) is 0 Å². The summed E-state index contributed by atoms with van der Waals surface area (Å²) in [6.07, 6.45) is 1.55. The first-order valence-electron chi connectivity index (χ1n) is 10.7. The number of benzene rings is 1. The molecule has 1 aliphatic rings. The van der Waals surface area contributed by atoms with Crippen LogP contribution >= 0.6 is 0 Å². The number of ether oxygens (including phenoxy) is 1. The van der Waals surface area contributed by atoms with Gasteiger partial charge in [-0.3, -0.25) is 0 Å². The third-order valence-corrected chi connectivity index (χ3v) is 6.04. The lowest BCUT2D eigenvalue weighted by Crippen LogP contribution is -2.47. The summed E-state index contributed by atoms with van der Waals surface area (Å²) < 4.78 is 7.58. The summed E-state index contributed by atoms with van der Waals surface area (Å²) in [5.74, 6) is 0.742. The van der Waals surface area contributed by atoms with Crippen LogP contribution < -0.4 is 5.32 Å². The molecule has 166 valence electrons. The van der Waals surface area contributed by atoms with Gasteiger partial charge in [-0.2, -0.15) is 0 Å². The van der Waals surface area contributed by atoms with Crippen LogP contribution in [0.5, 0.6) is 0 Å². The SMILES string of the molecule is CNc1nc2[nH]c(-c3cccc(COC(=O)N4CCN(C)CC4)c3)cc2c2c1ncn2C. The fourth-order valence-electron chi connectivity index (χ4n) is 4.18. The van der Waals surface area contributed by atoms with Crippen molar-refractivity contribution >= 4 is 34.0 Å². The molecule has 9 nitrogen and oxygen atoms in total. The van der Waals surface area contributed by atoms with E-state index in [1.54, 1.807) is 11.2 Å². The van der Waals surface area contributed by atoms with Crippen LogP contribution in [0.3, 0.4) is 0 Å². The van der Waals surface area contributed by atoms with Crippen LogP contribution in [-0.2, 0) is 18.4 Å². The predicted octanol–water partition coefficient (Wildman–Crippen LogP) is 3.04. The third-order valence-electron chi connectivity index (χ3n) is 6.04. The minimum Gasteiger partial charge on any atom is -0.445 e. The summed E-state index contributed by atoms with van der Waals surface area (Å²) in [6, 6.07) is 10.1. The van der Waals surface area contributed by atoms with Crippen LogP contribution in [0.15, 0.2) is 36.7 Å². The number of H-pyrrole nitrogens is 1. The summed E-state index contributed by atoms with van der Waals surface area (Å²) in [6.45, 7) is 3.40. The smallest absolute Gasteiger partial charge is 0.410 e. The number of aromatic amines is 1. The second kappa shape index (κ2) is 8.16. The topological polar surface area (TPSA) is 91.3 Å². The maximum absolute atomic E-state index is 12.4. The van der Waals surface area contributed by atoms with Crippen LogP contribution in [0.25, 0.3) is 33.3 Å². The zero-order valence-electron chi connectivity index (χ0n) is 18.6. The number of aromatic nitrogens is 4. The van der Waals surface area contributed by atoms with Gasteiger partial charge in [-0.05, 0) is 30.3 Å². The number of pyridine rings is 1. The van der Waals surface area contributed by atoms with E-state index in [-0.39, 0.29) is 12.7 Å². The average molecular weight is 434 g/mol. The van der Waals surface area contributed by atoms with Crippen molar-refractivity contribution in [2.45, 2.75) is 6.61 Å². The molecule has 1 amide bonds. The molecule has 0 atom stereocenters. The first-order chi connectivity index (χ1) is 15.5. The molecule has 5 rings (SSSR count). The van der Waals surface area contributed by atoms with Gasteiger partial charge in [0, 0.05) is 51.4 Å². The lowest BCUT2D eigenvalue weighted by molar-refractivity contribution is 0.0769. The number of aryl methyl sites for hydroxylation is 1. The Hall–Kier alpha value is -3.59. The van der Waals surface area contributed by atoms with E-state index in [4.69, 9.17) is 9.72 Å². The van der Waals surface area contributed by atoms with Gasteiger partial charge in [-0.15, -0.1) is 0 Å². The largest absolute Gasteiger partial charge is 0.445 e. The Morgan fingerprint density at radius 1 is 1.19 bits per heavy atom. The molecule has 1 aromatic carbocycles. The van der Waals surface area contributed by atoms with Crippen molar-refractivity contribution in [2.24, 2.45) is 7.05 Å². The normalized spacial score (nSPS) is 14.9. The summed E-state index contributed by atoms with van der Waals surface area (Å²) >= 11 is 0. The van der Waals surface area contributed by atoms with Gasteiger partial charge in [-0.25, -0.2) is 14.8 Å². The Morgan fingerprint density at radius 2 is 2.00 bits per heavy atom. The number of likely N-dealkylation sites (N-methyl/N-ethyl adjacent to an activating group) is 1. The monoisotopic (exact) mass is 433 g/mol. The highest BCUT2D eigenvalue weighted by molar-refractivity contribution is 6.07. The number of fused-ring (bicyclic) bond motifs is 3. The van der Waals surface area contributed by atoms with Crippen molar-refractivity contribution in [1.82, 2.24) is 29.3 Å². The van der Waals surface area contributed by atoms with Crippen LogP contribution in [-0.4, -0.2) is 75.7 Å². The number of carbonyl (C=O) groups is 1. The fourth-order valence-corrected chi connectivity index (χ4v) is 4.18. The highest BCUT2D eigenvalue weighted by atomic mass is 16.6. The van der Waals surface area contributed by atoms with Crippen LogP contribution in [0.4, 0.5) is 10.6 Å². The molecule has 0 unspecified atom stereocenters. The zero-order valence-corrected chi connectivity index (χ0v) is 18.6.